The predicted octanol–water partition coefficient (Wildman–Crippen LogP) is 2.08. The molecule has 0 bridgehead atoms. The lowest BCUT2D eigenvalue weighted by atomic mass is 9.96. The Labute approximate surface area is 113 Å². The van der Waals surface area contributed by atoms with Gasteiger partial charge in [0.1, 0.15) is 11.7 Å². The number of halogens is 2. The van der Waals surface area contributed by atoms with Crippen molar-refractivity contribution in [1.29, 1.82) is 0 Å². The molecular formula is C12H15BrFNO3. The second kappa shape index (κ2) is 6.26. The van der Waals surface area contributed by atoms with E-state index < -0.39 is 23.9 Å². The van der Waals surface area contributed by atoms with Crippen LogP contribution in [0.4, 0.5) is 4.39 Å². The van der Waals surface area contributed by atoms with Crippen LogP contribution in [0, 0.1) is 12.7 Å². The highest BCUT2D eigenvalue weighted by Crippen LogP contribution is 2.32. The van der Waals surface area contributed by atoms with Crippen LogP contribution in [0.1, 0.15) is 17.0 Å². The van der Waals surface area contributed by atoms with E-state index in [0.29, 0.717) is 15.6 Å². The largest absolute Gasteiger partial charge is 0.369 e. The lowest BCUT2D eigenvalue weighted by Crippen LogP contribution is -2.34. The van der Waals surface area contributed by atoms with Crippen LogP contribution in [0.25, 0.3) is 0 Å². The number of aryl methyl sites for hydroxylation is 1. The molecule has 2 N–H and O–H groups in total. The first-order chi connectivity index (χ1) is 8.42. The van der Waals surface area contributed by atoms with Gasteiger partial charge in [0, 0.05) is 18.7 Å². The normalized spacial score (nSPS) is 12.8. The van der Waals surface area contributed by atoms with Gasteiger partial charge in [0.05, 0.1) is 0 Å². The minimum atomic E-state index is -0.885. The number of hydrogen-bond acceptors (Lipinski definition) is 3. The van der Waals surface area contributed by atoms with E-state index in [0.717, 1.165) is 0 Å². The Morgan fingerprint density at radius 1 is 1.39 bits per heavy atom. The summed E-state index contributed by atoms with van der Waals surface area (Å²) >= 11 is 3.32. The van der Waals surface area contributed by atoms with E-state index >= 15 is 0 Å². The van der Waals surface area contributed by atoms with E-state index in [2.05, 4.69) is 15.9 Å². The monoisotopic (exact) mass is 319 g/mol. The van der Waals surface area contributed by atoms with Crippen molar-refractivity contribution in [3.8, 4) is 0 Å². The highest BCUT2D eigenvalue weighted by molar-refractivity contribution is 9.10. The Morgan fingerprint density at radius 2 is 1.94 bits per heavy atom. The fraction of sp³-hybridized carbons (Fsp3) is 0.417. The summed E-state index contributed by atoms with van der Waals surface area (Å²) in [6.45, 7) is 1.73. The molecule has 100 valence electrons. The molecule has 1 aromatic carbocycles. The lowest BCUT2D eigenvalue weighted by Gasteiger charge is -2.24. The standard InChI is InChI=1S/C12H15BrFNO3/c1-6-4-7(14)5-8(10(6)13)9(11(15)16)12(17-2)18-3/h4-5,9,12H,1-3H3,(H2,15,16). The number of amides is 1. The van der Waals surface area contributed by atoms with Crippen molar-refractivity contribution in [2.24, 2.45) is 5.73 Å². The van der Waals surface area contributed by atoms with Crippen molar-refractivity contribution in [2.45, 2.75) is 19.1 Å². The zero-order chi connectivity index (χ0) is 13.9. The Kier molecular flexibility index (Phi) is 5.25. The van der Waals surface area contributed by atoms with Crippen LogP contribution in [0.5, 0.6) is 0 Å². The maximum absolute atomic E-state index is 13.4. The maximum Gasteiger partial charge on any atom is 0.230 e. The summed E-state index contributed by atoms with van der Waals surface area (Å²) in [5, 5.41) is 0. The molecule has 18 heavy (non-hydrogen) atoms. The van der Waals surface area contributed by atoms with Gasteiger partial charge >= 0.3 is 0 Å². The number of nitrogens with two attached hydrogens (primary N) is 1. The van der Waals surface area contributed by atoms with Crippen LogP contribution in [0.2, 0.25) is 0 Å². The summed E-state index contributed by atoms with van der Waals surface area (Å²) in [5.74, 6) is -1.97. The second-order valence-electron chi connectivity index (χ2n) is 3.85. The minimum absolute atomic E-state index is 0.411. The first kappa shape index (κ1) is 15.1. The average Bonchev–Trinajstić information content (AvgIpc) is 2.30. The Hall–Kier alpha value is -0.980. The molecule has 4 nitrogen and oxygen atoms in total. The molecule has 0 fully saturated rings. The maximum atomic E-state index is 13.4. The van der Waals surface area contributed by atoms with Gasteiger partial charge in [-0.1, -0.05) is 15.9 Å². The Morgan fingerprint density at radius 3 is 2.39 bits per heavy atom. The van der Waals surface area contributed by atoms with Crippen LogP contribution in [0.15, 0.2) is 16.6 Å². The minimum Gasteiger partial charge on any atom is -0.369 e. The van der Waals surface area contributed by atoms with Gasteiger partial charge in [0.15, 0.2) is 6.29 Å². The van der Waals surface area contributed by atoms with E-state index in [1.54, 1.807) is 6.92 Å². The number of methoxy groups -OCH3 is 2. The number of primary amides is 1. The van der Waals surface area contributed by atoms with Crippen molar-refractivity contribution in [3.05, 3.63) is 33.5 Å². The summed E-state index contributed by atoms with van der Waals surface area (Å²) < 4.78 is 24.2. The van der Waals surface area contributed by atoms with Crippen molar-refractivity contribution in [2.75, 3.05) is 14.2 Å². The average molecular weight is 320 g/mol. The topological polar surface area (TPSA) is 61.6 Å². The van der Waals surface area contributed by atoms with Gasteiger partial charge in [-0.3, -0.25) is 4.79 Å². The molecule has 6 heteroatoms. The van der Waals surface area contributed by atoms with Gasteiger partial charge in [0.2, 0.25) is 5.91 Å². The molecular weight excluding hydrogens is 305 g/mol. The SMILES string of the molecule is COC(OC)C(C(N)=O)c1cc(F)cc(C)c1Br. The van der Waals surface area contributed by atoms with Gasteiger partial charge in [-0.2, -0.15) is 0 Å². The van der Waals surface area contributed by atoms with Crippen LogP contribution in [0.3, 0.4) is 0 Å². The lowest BCUT2D eigenvalue weighted by molar-refractivity contribution is -0.143. The Bertz CT molecular complexity index is 449. The molecule has 0 spiro atoms. The molecule has 0 radical (unpaired) electrons. The molecule has 1 rings (SSSR count). The van der Waals surface area contributed by atoms with Crippen LogP contribution in [-0.4, -0.2) is 26.4 Å². The van der Waals surface area contributed by atoms with Gasteiger partial charge in [-0.25, -0.2) is 4.39 Å². The third kappa shape index (κ3) is 3.07. The van der Waals surface area contributed by atoms with E-state index in [9.17, 15) is 9.18 Å². The van der Waals surface area contributed by atoms with E-state index in [1.807, 2.05) is 0 Å². The van der Waals surface area contributed by atoms with Crippen molar-refractivity contribution in [1.82, 2.24) is 0 Å². The quantitative estimate of drug-likeness (QED) is 0.845. The molecule has 1 amide bonds. The number of ether oxygens (including phenoxy) is 2. The van der Waals surface area contributed by atoms with Gasteiger partial charge in [-0.05, 0) is 30.2 Å². The molecule has 0 saturated carbocycles. The van der Waals surface area contributed by atoms with E-state index in [1.165, 1.54) is 26.4 Å². The highest BCUT2D eigenvalue weighted by atomic mass is 79.9. The van der Waals surface area contributed by atoms with Gasteiger partial charge in [0.25, 0.3) is 0 Å². The fourth-order valence-electron chi connectivity index (χ4n) is 1.78. The zero-order valence-electron chi connectivity index (χ0n) is 10.4. The van der Waals surface area contributed by atoms with Gasteiger partial charge < -0.3 is 15.2 Å². The molecule has 1 atom stereocenters. The van der Waals surface area contributed by atoms with E-state index in [4.69, 9.17) is 15.2 Å². The molecule has 0 heterocycles. The van der Waals surface area contributed by atoms with Crippen molar-refractivity contribution < 1.29 is 18.7 Å². The number of rotatable bonds is 5. The van der Waals surface area contributed by atoms with Crippen LogP contribution in [-0.2, 0) is 14.3 Å². The third-order valence-electron chi connectivity index (χ3n) is 2.63. The predicted molar refractivity (Wildman–Crippen MR) is 68.6 cm³/mol. The smallest absolute Gasteiger partial charge is 0.230 e. The highest BCUT2D eigenvalue weighted by Gasteiger charge is 2.31. The second-order valence-corrected chi connectivity index (χ2v) is 4.64. The first-order valence-electron chi connectivity index (χ1n) is 5.22. The number of carbonyl (C=O) groups is 1. The van der Waals surface area contributed by atoms with Crippen LogP contribution >= 0.6 is 15.9 Å². The molecule has 0 aliphatic heterocycles. The zero-order valence-corrected chi connectivity index (χ0v) is 12.0. The van der Waals surface area contributed by atoms with Crippen LogP contribution < -0.4 is 5.73 Å². The number of hydrogen-bond donors (Lipinski definition) is 1. The first-order valence-corrected chi connectivity index (χ1v) is 6.02. The Balaban J connectivity index is 3.34. The summed E-state index contributed by atoms with van der Waals surface area (Å²) in [6.07, 6.45) is -0.861. The molecule has 1 aromatic rings. The van der Waals surface area contributed by atoms with Gasteiger partial charge in [-0.15, -0.1) is 0 Å². The van der Waals surface area contributed by atoms with E-state index in [-0.39, 0.29) is 0 Å². The molecule has 0 saturated heterocycles. The molecule has 0 aromatic heterocycles. The molecule has 0 aliphatic rings. The summed E-state index contributed by atoms with van der Waals surface area (Å²) in [6, 6.07) is 2.61. The fourth-order valence-corrected chi connectivity index (χ4v) is 2.26. The van der Waals surface area contributed by atoms with Crippen molar-refractivity contribution in [3.63, 3.8) is 0 Å². The number of benzene rings is 1. The number of carbonyl (C=O) groups excluding carboxylic acids is 1. The third-order valence-corrected chi connectivity index (χ3v) is 3.71. The summed E-state index contributed by atoms with van der Waals surface area (Å²) in [7, 11) is 2.79. The van der Waals surface area contributed by atoms with Crippen molar-refractivity contribution >= 4 is 21.8 Å². The molecule has 0 aliphatic carbocycles. The summed E-state index contributed by atoms with van der Waals surface area (Å²) in [4.78, 5) is 11.6. The molecule has 1 unspecified atom stereocenters. The summed E-state index contributed by atoms with van der Waals surface area (Å²) in [5.41, 5.74) is 6.43.